The maximum Gasteiger partial charge on any atom is 0.251 e. The first-order valence-electron chi connectivity index (χ1n) is 10.0. The highest BCUT2D eigenvalue weighted by Crippen LogP contribution is 2.23. The Balaban J connectivity index is 1.45. The summed E-state index contributed by atoms with van der Waals surface area (Å²) in [6.45, 7) is 2.41. The van der Waals surface area contributed by atoms with Gasteiger partial charge in [-0.2, -0.15) is 0 Å². The molecule has 1 amide bonds. The molecule has 1 N–H and O–H groups in total. The first-order chi connectivity index (χ1) is 15.1. The van der Waals surface area contributed by atoms with Crippen LogP contribution in [0, 0.1) is 6.92 Å². The molecule has 2 heterocycles. The van der Waals surface area contributed by atoms with Crippen LogP contribution in [-0.4, -0.2) is 22.1 Å². The zero-order valence-electron chi connectivity index (χ0n) is 17.5. The summed E-state index contributed by atoms with van der Waals surface area (Å²) in [5.74, 6) is -0.101. The van der Waals surface area contributed by atoms with Crippen LogP contribution in [0.1, 0.15) is 21.6 Å². The number of aromatic nitrogens is 2. The summed E-state index contributed by atoms with van der Waals surface area (Å²) >= 11 is 1.64. The Hall–Kier alpha value is -3.44. The summed E-state index contributed by atoms with van der Waals surface area (Å²) in [4.78, 5) is 22.7. The number of amides is 1. The second-order valence-electron chi connectivity index (χ2n) is 7.20. The summed E-state index contributed by atoms with van der Waals surface area (Å²) in [7, 11) is 0. The van der Waals surface area contributed by atoms with Gasteiger partial charge in [-0.1, -0.05) is 42.5 Å². The van der Waals surface area contributed by atoms with Gasteiger partial charge in [-0.25, -0.2) is 0 Å². The van der Waals surface area contributed by atoms with Crippen LogP contribution in [-0.2, 0) is 6.54 Å². The summed E-state index contributed by atoms with van der Waals surface area (Å²) in [6.07, 6.45) is 5.65. The number of benzene rings is 2. The molecule has 5 heteroatoms. The van der Waals surface area contributed by atoms with Crippen molar-refractivity contribution in [3.05, 3.63) is 102 Å². The lowest BCUT2D eigenvalue weighted by Gasteiger charge is -2.09. The van der Waals surface area contributed by atoms with E-state index in [-0.39, 0.29) is 5.91 Å². The van der Waals surface area contributed by atoms with E-state index in [0.717, 1.165) is 33.0 Å². The van der Waals surface area contributed by atoms with Crippen LogP contribution in [0.5, 0.6) is 0 Å². The lowest BCUT2D eigenvalue weighted by Crippen LogP contribution is -2.23. The van der Waals surface area contributed by atoms with Crippen LogP contribution in [0.3, 0.4) is 0 Å². The van der Waals surface area contributed by atoms with Crippen LogP contribution >= 0.6 is 11.8 Å². The molecule has 0 spiro atoms. The zero-order valence-corrected chi connectivity index (χ0v) is 18.3. The molecule has 2 aromatic carbocycles. The van der Waals surface area contributed by atoms with Gasteiger partial charge in [-0.3, -0.25) is 14.8 Å². The highest BCUT2D eigenvalue weighted by atomic mass is 32.2. The van der Waals surface area contributed by atoms with Crippen LogP contribution in [0.15, 0.2) is 90.1 Å². The summed E-state index contributed by atoms with van der Waals surface area (Å²) in [5.41, 5.74) is 6.69. The number of thioether (sulfide) groups is 1. The Bertz CT molecular complexity index is 1190. The average molecular weight is 426 g/mol. The molecule has 0 fully saturated rings. The van der Waals surface area contributed by atoms with E-state index in [9.17, 15) is 4.79 Å². The molecule has 0 unspecified atom stereocenters. The van der Waals surface area contributed by atoms with Crippen LogP contribution in [0.4, 0.5) is 0 Å². The highest BCUT2D eigenvalue weighted by molar-refractivity contribution is 7.98. The smallest absolute Gasteiger partial charge is 0.251 e. The molecular weight excluding hydrogens is 402 g/mol. The van der Waals surface area contributed by atoms with Gasteiger partial charge >= 0.3 is 0 Å². The molecule has 4 rings (SSSR count). The van der Waals surface area contributed by atoms with Crippen molar-refractivity contribution >= 4 is 17.7 Å². The van der Waals surface area contributed by atoms with Crippen molar-refractivity contribution in [2.75, 3.05) is 6.26 Å². The second kappa shape index (κ2) is 9.58. The highest BCUT2D eigenvalue weighted by Gasteiger charge is 2.09. The number of rotatable bonds is 6. The van der Waals surface area contributed by atoms with E-state index in [2.05, 4.69) is 21.4 Å². The largest absolute Gasteiger partial charge is 0.346 e. The summed E-state index contributed by atoms with van der Waals surface area (Å²) < 4.78 is 0. The Morgan fingerprint density at radius 3 is 2.48 bits per heavy atom. The predicted octanol–water partition coefficient (Wildman–Crippen LogP) is 5.77. The van der Waals surface area contributed by atoms with E-state index in [4.69, 9.17) is 0 Å². The molecule has 0 aliphatic carbocycles. The first kappa shape index (κ1) is 20.8. The summed E-state index contributed by atoms with van der Waals surface area (Å²) in [6, 6.07) is 23.9. The zero-order chi connectivity index (χ0) is 21.6. The minimum atomic E-state index is -0.101. The molecular formula is C26H23N3OS. The van der Waals surface area contributed by atoms with Gasteiger partial charge in [0.25, 0.3) is 5.91 Å². The number of carbonyl (C=O) groups is 1. The quantitative estimate of drug-likeness (QED) is 0.398. The van der Waals surface area contributed by atoms with E-state index < -0.39 is 0 Å². The molecule has 0 bridgehead atoms. The molecule has 4 nitrogen and oxygen atoms in total. The molecule has 0 aliphatic heterocycles. The van der Waals surface area contributed by atoms with Gasteiger partial charge in [0.1, 0.15) is 0 Å². The average Bonchev–Trinajstić information content (AvgIpc) is 2.83. The third-order valence-corrected chi connectivity index (χ3v) is 5.96. The molecule has 2 aromatic heterocycles. The minimum Gasteiger partial charge on any atom is -0.346 e. The number of nitrogens with one attached hydrogen (secondary N) is 1. The molecule has 31 heavy (non-hydrogen) atoms. The van der Waals surface area contributed by atoms with Gasteiger partial charge in [0, 0.05) is 34.0 Å². The fraction of sp³-hybridized carbons (Fsp3) is 0.115. The van der Waals surface area contributed by atoms with Crippen molar-refractivity contribution in [3.63, 3.8) is 0 Å². The predicted molar refractivity (Wildman–Crippen MR) is 127 cm³/mol. The van der Waals surface area contributed by atoms with E-state index in [1.165, 1.54) is 5.56 Å². The number of nitrogens with zero attached hydrogens (tertiary/aromatic N) is 2. The Morgan fingerprint density at radius 1 is 0.903 bits per heavy atom. The van der Waals surface area contributed by atoms with E-state index in [0.29, 0.717) is 12.1 Å². The standard InChI is InChI=1S/C26H23N3OS/c1-18-8-9-21(15-25(18)31-2)26(30)29-17-23-14-20(12-13-27-23)22-10-11-24(28-16-22)19-6-4-3-5-7-19/h3-16H,17H2,1-2H3,(H,29,30). The van der Waals surface area contributed by atoms with Crippen molar-refractivity contribution in [2.45, 2.75) is 18.4 Å². The summed E-state index contributed by atoms with van der Waals surface area (Å²) in [5, 5.41) is 2.97. The Labute approximate surface area is 186 Å². The van der Waals surface area contributed by atoms with E-state index in [1.807, 2.05) is 86.1 Å². The first-order valence-corrected chi connectivity index (χ1v) is 11.3. The topological polar surface area (TPSA) is 54.9 Å². The fourth-order valence-electron chi connectivity index (χ4n) is 3.33. The van der Waals surface area contributed by atoms with Crippen LogP contribution in [0.25, 0.3) is 22.4 Å². The Morgan fingerprint density at radius 2 is 1.74 bits per heavy atom. The fourth-order valence-corrected chi connectivity index (χ4v) is 3.97. The SMILES string of the molecule is CSc1cc(C(=O)NCc2cc(-c3ccc(-c4ccccc4)nc3)ccn2)ccc1C. The van der Waals surface area contributed by atoms with Gasteiger partial charge in [-0.15, -0.1) is 11.8 Å². The van der Waals surface area contributed by atoms with Crippen molar-refractivity contribution in [1.82, 2.24) is 15.3 Å². The maximum atomic E-state index is 12.6. The van der Waals surface area contributed by atoms with Crippen LogP contribution in [0.2, 0.25) is 0 Å². The number of aryl methyl sites for hydroxylation is 1. The van der Waals surface area contributed by atoms with Gasteiger partial charge in [0.15, 0.2) is 0 Å². The lowest BCUT2D eigenvalue weighted by atomic mass is 10.1. The van der Waals surface area contributed by atoms with Crippen molar-refractivity contribution in [3.8, 4) is 22.4 Å². The van der Waals surface area contributed by atoms with Gasteiger partial charge in [-0.05, 0) is 54.6 Å². The monoisotopic (exact) mass is 425 g/mol. The molecule has 0 saturated carbocycles. The molecule has 0 radical (unpaired) electrons. The van der Waals surface area contributed by atoms with Gasteiger partial charge in [0.05, 0.1) is 17.9 Å². The van der Waals surface area contributed by atoms with Crippen molar-refractivity contribution in [1.29, 1.82) is 0 Å². The molecule has 4 aromatic rings. The lowest BCUT2D eigenvalue weighted by molar-refractivity contribution is 0.0950. The molecule has 0 saturated heterocycles. The van der Waals surface area contributed by atoms with Crippen molar-refractivity contribution in [2.24, 2.45) is 0 Å². The minimum absolute atomic E-state index is 0.101. The number of hydrogen-bond acceptors (Lipinski definition) is 4. The van der Waals surface area contributed by atoms with Crippen LogP contribution < -0.4 is 5.32 Å². The van der Waals surface area contributed by atoms with E-state index >= 15 is 0 Å². The van der Waals surface area contributed by atoms with Gasteiger partial charge < -0.3 is 5.32 Å². The van der Waals surface area contributed by atoms with Gasteiger partial charge in [0.2, 0.25) is 0 Å². The number of hydrogen-bond donors (Lipinski definition) is 1. The molecule has 0 atom stereocenters. The van der Waals surface area contributed by atoms with E-state index in [1.54, 1.807) is 18.0 Å². The number of pyridine rings is 2. The normalized spacial score (nSPS) is 10.6. The maximum absolute atomic E-state index is 12.6. The number of carbonyl (C=O) groups excluding carboxylic acids is 1. The third-order valence-electron chi connectivity index (χ3n) is 5.08. The van der Waals surface area contributed by atoms with Crippen molar-refractivity contribution < 1.29 is 4.79 Å². The Kier molecular flexibility index (Phi) is 6.43. The third kappa shape index (κ3) is 5.01. The molecule has 0 aliphatic rings. The second-order valence-corrected chi connectivity index (χ2v) is 8.05. The molecule has 154 valence electrons.